The van der Waals surface area contributed by atoms with Gasteiger partial charge in [-0.3, -0.25) is 0 Å². The van der Waals surface area contributed by atoms with E-state index in [1.165, 1.54) is 0 Å². The van der Waals surface area contributed by atoms with Gasteiger partial charge in [0.1, 0.15) is 23.9 Å². The largest absolute Gasteiger partial charge is 0.394 e. The number of ether oxygens (including phenoxy) is 1. The van der Waals surface area contributed by atoms with Crippen LogP contribution < -0.4 is 5.73 Å². The van der Waals surface area contributed by atoms with Crippen LogP contribution in [0.1, 0.15) is 5.56 Å². The first-order chi connectivity index (χ1) is 9.32. The highest BCUT2D eigenvalue weighted by Crippen LogP contribution is 2.39. The van der Waals surface area contributed by atoms with Gasteiger partial charge in [0.25, 0.3) is 5.25 Å². The zero-order chi connectivity index (χ0) is 15.0. The van der Waals surface area contributed by atoms with Gasteiger partial charge in [-0.05, 0) is 12.0 Å². The molecule has 1 aliphatic heterocycles. The van der Waals surface area contributed by atoms with E-state index in [1.54, 1.807) is 24.3 Å². The quantitative estimate of drug-likeness (QED) is 0.454. The molecule has 0 aliphatic carbocycles. The molecule has 20 heavy (non-hydrogen) atoms. The topological polar surface area (TPSA) is 116 Å². The Kier molecular flexibility index (Phi) is 4.36. The predicted octanol–water partition coefficient (Wildman–Crippen LogP) is -1.08. The molecule has 6 N–H and O–H groups in total. The Hall–Kier alpha value is -0.730. The van der Waals surface area contributed by atoms with E-state index in [4.69, 9.17) is 27.2 Å². The molecule has 1 saturated heterocycles. The summed E-state index contributed by atoms with van der Waals surface area (Å²) < 4.78 is 5.03. The number of hydrogen-bond donors (Lipinski definition) is 5. The molecule has 0 bridgehead atoms. The summed E-state index contributed by atoms with van der Waals surface area (Å²) in [6, 6.07) is 8.85. The lowest BCUT2D eigenvalue weighted by atomic mass is 9.79. The lowest BCUT2D eigenvalue weighted by molar-refractivity contribution is -0.301. The van der Waals surface area contributed by atoms with Gasteiger partial charge < -0.3 is 30.9 Å². The van der Waals surface area contributed by atoms with Crippen molar-refractivity contribution in [2.75, 3.05) is 6.61 Å². The fourth-order valence-corrected chi connectivity index (χ4v) is 2.66. The summed E-state index contributed by atoms with van der Waals surface area (Å²) in [7, 11) is 0. The van der Waals surface area contributed by atoms with Gasteiger partial charge in [0.2, 0.25) is 0 Å². The van der Waals surface area contributed by atoms with Crippen LogP contribution in [0.4, 0.5) is 0 Å². The van der Waals surface area contributed by atoms with Gasteiger partial charge in [-0.25, -0.2) is 0 Å². The van der Waals surface area contributed by atoms with Gasteiger partial charge in [0, 0.05) is 0 Å². The molecule has 1 unspecified atom stereocenters. The molecule has 0 saturated carbocycles. The summed E-state index contributed by atoms with van der Waals surface area (Å²) in [5.41, 5.74) is 4.92. The van der Waals surface area contributed by atoms with Crippen LogP contribution in [0.25, 0.3) is 0 Å². The number of hydrogen-bond acceptors (Lipinski definition) is 6. The first kappa shape index (κ1) is 15.7. The van der Waals surface area contributed by atoms with Crippen LogP contribution in [-0.2, 0) is 11.2 Å². The van der Waals surface area contributed by atoms with Gasteiger partial charge >= 0.3 is 0 Å². The minimum atomic E-state index is -2.41. The van der Waals surface area contributed by atoms with Crippen molar-refractivity contribution < 1.29 is 25.2 Å². The molecule has 7 heteroatoms. The van der Waals surface area contributed by atoms with E-state index in [-0.39, 0.29) is 6.42 Å². The molecule has 1 fully saturated rings. The molecule has 6 nitrogen and oxygen atoms in total. The molecule has 112 valence electrons. The summed E-state index contributed by atoms with van der Waals surface area (Å²) in [6.07, 6.45) is -4.23. The van der Waals surface area contributed by atoms with Crippen LogP contribution in [0.5, 0.6) is 0 Å². The molecule has 0 spiro atoms. The van der Waals surface area contributed by atoms with Crippen molar-refractivity contribution in [3.8, 4) is 0 Å². The Morgan fingerprint density at radius 2 is 1.85 bits per heavy atom. The third-order valence-corrected chi connectivity index (χ3v) is 4.07. The second-order valence-electron chi connectivity index (χ2n) is 5.04. The highest BCUT2D eigenvalue weighted by atomic mass is 35.5. The molecule has 1 aromatic carbocycles. The van der Waals surface area contributed by atoms with E-state index >= 15 is 0 Å². The van der Waals surface area contributed by atoms with Crippen molar-refractivity contribution in [3.63, 3.8) is 0 Å². The van der Waals surface area contributed by atoms with E-state index in [1.807, 2.05) is 6.07 Å². The normalized spacial score (nSPS) is 41.6. The number of alkyl halides is 1. The molecule has 1 aliphatic rings. The monoisotopic (exact) mass is 303 g/mol. The van der Waals surface area contributed by atoms with E-state index in [0.29, 0.717) is 5.56 Å². The van der Waals surface area contributed by atoms with E-state index < -0.39 is 35.7 Å². The summed E-state index contributed by atoms with van der Waals surface area (Å²) in [6.45, 7) is -0.603. The Bertz CT molecular complexity index is 457. The van der Waals surface area contributed by atoms with Crippen LogP contribution in [-0.4, -0.2) is 56.1 Å². The number of aliphatic hydroxyl groups excluding tert-OH is 3. The smallest absolute Gasteiger partial charge is 0.268 e. The highest BCUT2D eigenvalue weighted by Gasteiger charge is 2.61. The number of halogens is 1. The van der Waals surface area contributed by atoms with Crippen molar-refractivity contribution in [3.05, 3.63) is 35.9 Å². The van der Waals surface area contributed by atoms with Crippen molar-refractivity contribution in [2.24, 2.45) is 5.73 Å². The van der Waals surface area contributed by atoms with E-state index in [0.717, 1.165) is 0 Å². The SMILES string of the molecule is N[C@]1(Cc2ccccc2)[C@@H](O)[C@@H](O)[C@@H](CO)OC1(O)Cl. The lowest BCUT2D eigenvalue weighted by Gasteiger charge is -2.51. The Labute approximate surface area is 121 Å². The van der Waals surface area contributed by atoms with Crippen LogP contribution >= 0.6 is 11.6 Å². The first-order valence-corrected chi connectivity index (χ1v) is 6.58. The zero-order valence-electron chi connectivity index (χ0n) is 10.7. The number of rotatable bonds is 3. The molecule has 2 rings (SSSR count). The Morgan fingerprint density at radius 1 is 1.25 bits per heavy atom. The average molecular weight is 304 g/mol. The van der Waals surface area contributed by atoms with Gasteiger partial charge in [0.15, 0.2) is 0 Å². The zero-order valence-corrected chi connectivity index (χ0v) is 11.4. The average Bonchev–Trinajstić information content (AvgIpc) is 2.42. The summed E-state index contributed by atoms with van der Waals surface area (Å²) in [5, 5.41) is 36.9. The van der Waals surface area contributed by atoms with Crippen molar-refractivity contribution >= 4 is 11.6 Å². The molecule has 0 radical (unpaired) electrons. The van der Waals surface area contributed by atoms with Gasteiger partial charge in [-0.15, -0.1) is 0 Å². The number of nitrogens with two attached hydrogens (primary N) is 1. The van der Waals surface area contributed by atoms with Crippen molar-refractivity contribution in [1.82, 2.24) is 0 Å². The second-order valence-corrected chi connectivity index (χ2v) is 5.55. The van der Waals surface area contributed by atoms with Crippen molar-refractivity contribution in [2.45, 2.75) is 35.5 Å². The third kappa shape index (κ3) is 2.56. The predicted molar refractivity (Wildman–Crippen MR) is 71.8 cm³/mol. The first-order valence-electron chi connectivity index (χ1n) is 6.21. The third-order valence-electron chi connectivity index (χ3n) is 3.63. The maximum absolute atomic E-state index is 10.2. The van der Waals surface area contributed by atoms with Crippen LogP contribution in [0.15, 0.2) is 30.3 Å². The van der Waals surface area contributed by atoms with Crippen LogP contribution in [0, 0.1) is 0 Å². The van der Waals surface area contributed by atoms with Gasteiger partial charge in [-0.2, -0.15) is 0 Å². The van der Waals surface area contributed by atoms with Crippen LogP contribution in [0.2, 0.25) is 0 Å². The van der Waals surface area contributed by atoms with E-state index in [9.17, 15) is 15.3 Å². The fraction of sp³-hybridized carbons (Fsp3) is 0.538. The second kappa shape index (κ2) is 5.57. The molecule has 0 amide bonds. The van der Waals surface area contributed by atoms with Gasteiger partial charge in [-0.1, -0.05) is 41.9 Å². The minimum Gasteiger partial charge on any atom is -0.394 e. The summed E-state index contributed by atoms with van der Waals surface area (Å²) in [5.74, 6) is 0. The highest BCUT2D eigenvalue weighted by molar-refractivity contribution is 6.22. The molecule has 0 aromatic heterocycles. The van der Waals surface area contributed by atoms with Crippen molar-refractivity contribution in [1.29, 1.82) is 0 Å². The maximum atomic E-state index is 10.2. The molecular weight excluding hydrogens is 286 g/mol. The van der Waals surface area contributed by atoms with Crippen LogP contribution in [0.3, 0.4) is 0 Å². The summed E-state index contributed by atoms with van der Waals surface area (Å²) in [4.78, 5) is 0. The molecule has 1 aromatic rings. The Balaban J connectivity index is 2.32. The Morgan fingerprint density at radius 3 is 2.40 bits per heavy atom. The molecular formula is C13H18ClNO5. The molecule has 5 atom stereocenters. The lowest BCUT2D eigenvalue weighted by Crippen LogP contribution is -2.76. The van der Waals surface area contributed by atoms with Gasteiger partial charge in [0.05, 0.1) is 6.61 Å². The maximum Gasteiger partial charge on any atom is 0.268 e. The van der Waals surface area contributed by atoms with E-state index in [2.05, 4.69) is 0 Å². The standard InChI is InChI=1S/C13H18ClNO5/c14-13(19)12(15,6-8-4-2-1-3-5-8)11(18)10(17)9(7-16)20-13/h1-5,9-11,16-19H,6-7,15H2/t9-,10+,11+,12-,13?/m1/s1. The fourth-order valence-electron chi connectivity index (χ4n) is 2.36. The number of aliphatic hydroxyl groups is 4. The summed E-state index contributed by atoms with van der Waals surface area (Å²) >= 11 is 5.89. The molecule has 1 heterocycles. The number of benzene rings is 1. The minimum absolute atomic E-state index is 0.00971.